The second-order valence-electron chi connectivity index (χ2n) is 6.70. The van der Waals surface area contributed by atoms with Gasteiger partial charge in [0, 0.05) is 5.56 Å². The fraction of sp³-hybridized carbons (Fsp3) is 0.174. The van der Waals surface area contributed by atoms with E-state index in [1.807, 2.05) is 6.07 Å². The number of nitriles is 1. The molecule has 0 spiro atoms. The lowest BCUT2D eigenvalue weighted by atomic mass is 10.1. The maximum atomic E-state index is 13.9. The van der Waals surface area contributed by atoms with Crippen molar-refractivity contribution in [3.8, 4) is 29.2 Å². The molecule has 0 N–H and O–H groups in total. The Labute approximate surface area is 181 Å². The molecule has 9 heteroatoms. The number of esters is 1. The van der Waals surface area contributed by atoms with E-state index in [1.165, 1.54) is 31.2 Å². The van der Waals surface area contributed by atoms with Crippen LogP contribution in [0.2, 0.25) is 0 Å². The van der Waals surface area contributed by atoms with Crippen molar-refractivity contribution in [1.82, 2.24) is 4.98 Å². The van der Waals surface area contributed by atoms with Crippen molar-refractivity contribution in [2.75, 3.05) is 0 Å². The molecule has 32 heavy (non-hydrogen) atoms. The summed E-state index contributed by atoms with van der Waals surface area (Å²) in [5, 5.41) is 9.37. The van der Waals surface area contributed by atoms with Gasteiger partial charge in [-0.25, -0.2) is 4.39 Å². The van der Waals surface area contributed by atoms with Crippen LogP contribution in [-0.2, 0) is 4.79 Å². The molecule has 0 amide bonds. The summed E-state index contributed by atoms with van der Waals surface area (Å²) in [6.45, 7) is 2.59. The standard InChI is InChI=1S/C23H17F3N2O4/c1-13-19(24)20(25)22(28-21(13)26)31-17-10-8-16(9-11-17)30-14(2)18(12-27)23(29)32-15-6-4-3-5-7-15/h3-11,14,18H,1-2H3. The molecule has 3 rings (SSSR count). The Hall–Kier alpha value is -4.06. The van der Waals surface area contributed by atoms with Crippen molar-refractivity contribution in [1.29, 1.82) is 5.26 Å². The highest BCUT2D eigenvalue weighted by atomic mass is 19.2. The normalized spacial score (nSPS) is 12.4. The van der Waals surface area contributed by atoms with Gasteiger partial charge in [-0.3, -0.25) is 4.79 Å². The number of ether oxygens (including phenoxy) is 3. The Balaban J connectivity index is 1.66. The predicted molar refractivity (Wildman–Crippen MR) is 107 cm³/mol. The number of carbonyl (C=O) groups is 1. The number of rotatable bonds is 7. The molecule has 1 aromatic heterocycles. The van der Waals surface area contributed by atoms with Gasteiger partial charge in [0.15, 0.2) is 11.7 Å². The largest absolute Gasteiger partial charge is 0.489 e. The van der Waals surface area contributed by atoms with E-state index < -0.39 is 47.0 Å². The number of halogens is 3. The van der Waals surface area contributed by atoms with Crippen LogP contribution in [0.1, 0.15) is 12.5 Å². The summed E-state index contributed by atoms with van der Waals surface area (Å²) in [6, 6.07) is 15.7. The number of hydrogen-bond acceptors (Lipinski definition) is 6. The number of para-hydroxylation sites is 1. The predicted octanol–water partition coefficient (Wildman–Crippen LogP) is 5.11. The minimum Gasteiger partial charge on any atom is -0.489 e. The lowest BCUT2D eigenvalue weighted by Gasteiger charge is -2.18. The van der Waals surface area contributed by atoms with Crippen molar-refractivity contribution in [2.45, 2.75) is 20.0 Å². The minimum atomic E-state index is -1.41. The van der Waals surface area contributed by atoms with E-state index in [0.717, 1.165) is 6.92 Å². The second-order valence-corrected chi connectivity index (χ2v) is 6.70. The van der Waals surface area contributed by atoms with Crippen LogP contribution in [0.15, 0.2) is 54.6 Å². The molecule has 2 unspecified atom stereocenters. The van der Waals surface area contributed by atoms with Crippen LogP contribution < -0.4 is 14.2 Å². The summed E-state index contributed by atoms with van der Waals surface area (Å²) in [5.74, 6) is -6.18. The Morgan fingerprint density at radius 1 is 0.969 bits per heavy atom. The molecule has 0 aliphatic heterocycles. The van der Waals surface area contributed by atoms with Gasteiger partial charge in [-0.2, -0.15) is 19.0 Å². The summed E-state index contributed by atoms with van der Waals surface area (Å²) in [7, 11) is 0. The Morgan fingerprint density at radius 3 is 2.22 bits per heavy atom. The van der Waals surface area contributed by atoms with Crippen LogP contribution in [-0.4, -0.2) is 17.1 Å². The summed E-state index contributed by atoms with van der Waals surface area (Å²) < 4.78 is 57.0. The third-order valence-electron chi connectivity index (χ3n) is 4.40. The molecule has 3 aromatic rings. The SMILES string of the molecule is Cc1c(F)nc(Oc2ccc(OC(C)C(C#N)C(=O)Oc3ccccc3)cc2)c(F)c1F. The molecule has 6 nitrogen and oxygen atoms in total. The van der Waals surface area contributed by atoms with E-state index in [9.17, 15) is 23.2 Å². The number of pyridine rings is 1. The molecule has 164 valence electrons. The van der Waals surface area contributed by atoms with E-state index in [-0.39, 0.29) is 11.5 Å². The average molecular weight is 442 g/mol. The topological polar surface area (TPSA) is 81.4 Å². The molecule has 0 bridgehead atoms. The lowest BCUT2D eigenvalue weighted by molar-refractivity contribution is -0.139. The molecule has 0 aliphatic carbocycles. The Morgan fingerprint density at radius 2 is 1.59 bits per heavy atom. The van der Waals surface area contributed by atoms with Gasteiger partial charge in [-0.15, -0.1) is 0 Å². The monoisotopic (exact) mass is 442 g/mol. The Bertz CT molecular complexity index is 1150. The number of nitrogens with zero attached hydrogens (tertiary/aromatic N) is 2. The summed E-state index contributed by atoms with van der Waals surface area (Å²) in [6.07, 6.45) is -0.859. The van der Waals surface area contributed by atoms with E-state index in [4.69, 9.17) is 14.2 Å². The van der Waals surface area contributed by atoms with Crippen LogP contribution in [0.4, 0.5) is 13.2 Å². The highest BCUT2D eigenvalue weighted by Gasteiger charge is 2.29. The van der Waals surface area contributed by atoms with Gasteiger partial charge in [-0.1, -0.05) is 18.2 Å². The molecule has 0 saturated heterocycles. The fourth-order valence-electron chi connectivity index (χ4n) is 2.64. The maximum absolute atomic E-state index is 13.9. The molecular weight excluding hydrogens is 425 g/mol. The highest BCUT2D eigenvalue weighted by Crippen LogP contribution is 2.28. The first-order chi connectivity index (χ1) is 15.3. The van der Waals surface area contributed by atoms with Gasteiger partial charge in [0.05, 0.1) is 6.07 Å². The molecule has 0 aliphatic rings. The second kappa shape index (κ2) is 9.83. The fourth-order valence-corrected chi connectivity index (χ4v) is 2.64. The van der Waals surface area contributed by atoms with Crippen molar-refractivity contribution in [3.63, 3.8) is 0 Å². The maximum Gasteiger partial charge on any atom is 0.332 e. The first kappa shape index (κ1) is 22.6. The summed E-state index contributed by atoms with van der Waals surface area (Å²) in [5.41, 5.74) is -0.551. The third kappa shape index (κ3) is 5.16. The number of benzene rings is 2. The zero-order valence-electron chi connectivity index (χ0n) is 17.0. The van der Waals surface area contributed by atoms with Crippen molar-refractivity contribution in [3.05, 3.63) is 77.7 Å². The smallest absolute Gasteiger partial charge is 0.332 e. The zero-order valence-corrected chi connectivity index (χ0v) is 17.0. The Kier molecular flexibility index (Phi) is 6.95. The molecule has 1 heterocycles. The van der Waals surface area contributed by atoms with E-state index >= 15 is 0 Å². The summed E-state index contributed by atoms with van der Waals surface area (Å²) >= 11 is 0. The van der Waals surface area contributed by atoms with E-state index in [1.54, 1.807) is 30.3 Å². The first-order valence-electron chi connectivity index (χ1n) is 9.42. The summed E-state index contributed by atoms with van der Waals surface area (Å²) in [4.78, 5) is 15.6. The van der Waals surface area contributed by atoms with Gasteiger partial charge in [0.25, 0.3) is 5.88 Å². The molecule has 0 radical (unpaired) electrons. The van der Waals surface area contributed by atoms with Crippen molar-refractivity contribution < 1.29 is 32.2 Å². The number of carbonyl (C=O) groups excluding carboxylic acids is 1. The molecular formula is C23H17F3N2O4. The first-order valence-corrected chi connectivity index (χ1v) is 9.42. The minimum absolute atomic E-state index is 0.0411. The van der Waals surface area contributed by atoms with Crippen molar-refractivity contribution in [2.24, 2.45) is 5.92 Å². The molecule has 0 fully saturated rings. The van der Waals surface area contributed by atoms with E-state index in [0.29, 0.717) is 5.75 Å². The van der Waals surface area contributed by atoms with Crippen LogP contribution in [0.25, 0.3) is 0 Å². The number of hydrogen-bond donors (Lipinski definition) is 0. The van der Waals surface area contributed by atoms with Crippen LogP contribution in [0, 0.1) is 41.8 Å². The van der Waals surface area contributed by atoms with Gasteiger partial charge in [-0.05, 0) is 50.2 Å². The molecule has 0 saturated carbocycles. The highest BCUT2D eigenvalue weighted by molar-refractivity contribution is 5.78. The zero-order chi connectivity index (χ0) is 23.3. The molecule has 2 atom stereocenters. The quantitative estimate of drug-likeness (QED) is 0.287. The lowest BCUT2D eigenvalue weighted by Crippen LogP contribution is -2.32. The molecule has 2 aromatic carbocycles. The van der Waals surface area contributed by atoms with Gasteiger partial charge in [0.2, 0.25) is 11.8 Å². The number of aromatic nitrogens is 1. The van der Waals surface area contributed by atoms with E-state index in [2.05, 4.69) is 4.98 Å². The van der Waals surface area contributed by atoms with Crippen LogP contribution >= 0.6 is 0 Å². The van der Waals surface area contributed by atoms with Gasteiger partial charge in [0.1, 0.15) is 23.4 Å². The van der Waals surface area contributed by atoms with Gasteiger partial charge >= 0.3 is 5.97 Å². The van der Waals surface area contributed by atoms with Crippen LogP contribution in [0.5, 0.6) is 23.1 Å². The third-order valence-corrected chi connectivity index (χ3v) is 4.40. The van der Waals surface area contributed by atoms with Gasteiger partial charge < -0.3 is 14.2 Å². The average Bonchev–Trinajstić information content (AvgIpc) is 2.78. The van der Waals surface area contributed by atoms with Crippen molar-refractivity contribution >= 4 is 5.97 Å². The van der Waals surface area contributed by atoms with Crippen LogP contribution in [0.3, 0.4) is 0 Å².